The number of ketones is 1. The molecule has 0 aliphatic heterocycles. The predicted molar refractivity (Wildman–Crippen MR) is 137 cm³/mol. The number of methoxy groups -OCH3 is 3. The van der Waals surface area contributed by atoms with Crippen molar-refractivity contribution < 1.29 is 19.0 Å². The minimum absolute atomic E-state index is 0.0203. The van der Waals surface area contributed by atoms with Crippen LogP contribution in [0.5, 0.6) is 17.2 Å². The molecular weight excluding hydrogens is 464 g/mol. The van der Waals surface area contributed by atoms with Crippen molar-refractivity contribution in [3.63, 3.8) is 0 Å². The molecule has 1 heterocycles. The maximum absolute atomic E-state index is 13.5. The van der Waals surface area contributed by atoms with E-state index in [0.29, 0.717) is 51.2 Å². The molecule has 180 valence electrons. The van der Waals surface area contributed by atoms with Crippen LogP contribution in [0.2, 0.25) is 0 Å². The van der Waals surface area contributed by atoms with Crippen LogP contribution in [0.3, 0.4) is 0 Å². The van der Waals surface area contributed by atoms with Crippen LogP contribution >= 0.6 is 11.8 Å². The lowest BCUT2D eigenvalue weighted by Crippen LogP contribution is -2.24. The number of hydrogen-bond acceptors (Lipinski definition) is 7. The van der Waals surface area contributed by atoms with Crippen LogP contribution in [0.1, 0.15) is 28.4 Å². The van der Waals surface area contributed by atoms with Gasteiger partial charge < -0.3 is 14.2 Å². The summed E-state index contributed by atoms with van der Waals surface area (Å²) in [6, 6.07) is 18.2. The van der Waals surface area contributed by atoms with Crippen molar-refractivity contribution >= 4 is 28.4 Å². The number of nitrogens with zero attached hydrogens (tertiary/aromatic N) is 2. The number of carbonyl (C=O) groups is 1. The smallest absolute Gasteiger partial charge is 0.262 e. The van der Waals surface area contributed by atoms with Crippen molar-refractivity contribution in [2.75, 3.05) is 21.3 Å². The van der Waals surface area contributed by atoms with Gasteiger partial charge in [-0.15, -0.1) is 0 Å². The summed E-state index contributed by atoms with van der Waals surface area (Å²) in [6.07, 6.45) is 0. The molecule has 4 aromatic rings. The SMILES string of the molecule is COc1ccc(C(C)=O)cc1CSc1nc2ccccc2c(=O)n1Cc1ccc(OC)c(OC)c1. The molecule has 0 N–H and O–H groups in total. The molecule has 7 nitrogen and oxygen atoms in total. The van der Waals surface area contributed by atoms with E-state index in [9.17, 15) is 9.59 Å². The Kier molecular flexibility index (Phi) is 7.41. The third-order valence-corrected chi connectivity index (χ3v) is 6.68. The molecular formula is C27H26N2O5S. The van der Waals surface area contributed by atoms with E-state index >= 15 is 0 Å². The molecule has 0 atom stereocenters. The molecule has 0 spiro atoms. The Hall–Kier alpha value is -3.78. The molecule has 0 bridgehead atoms. The number of fused-ring (bicyclic) bond motifs is 1. The van der Waals surface area contributed by atoms with E-state index in [0.717, 1.165) is 11.1 Å². The lowest BCUT2D eigenvalue weighted by Gasteiger charge is -2.15. The third-order valence-electron chi connectivity index (χ3n) is 5.66. The van der Waals surface area contributed by atoms with Crippen LogP contribution in [-0.2, 0) is 12.3 Å². The van der Waals surface area contributed by atoms with Crippen LogP contribution in [0.25, 0.3) is 10.9 Å². The normalized spacial score (nSPS) is 10.9. The first-order chi connectivity index (χ1) is 16.9. The van der Waals surface area contributed by atoms with Gasteiger partial charge in [-0.05, 0) is 55.0 Å². The highest BCUT2D eigenvalue weighted by Gasteiger charge is 2.15. The average molecular weight is 491 g/mol. The predicted octanol–water partition coefficient (Wildman–Crippen LogP) is 4.97. The number of Topliss-reactive ketones (excluding diaryl/α,β-unsaturated/α-hetero) is 1. The molecule has 0 saturated carbocycles. The minimum Gasteiger partial charge on any atom is -0.496 e. The van der Waals surface area contributed by atoms with Gasteiger partial charge in [-0.25, -0.2) is 4.98 Å². The largest absolute Gasteiger partial charge is 0.496 e. The Morgan fingerprint density at radius 3 is 2.34 bits per heavy atom. The zero-order valence-electron chi connectivity index (χ0n) is 20.0. The maximum Gasteiger partial charge on any atom is 0.262 e. The zero-order valence-corrected chi connectivity index (χ0v) is 20.8. The van der Waals surface area contributed by atoms with Gasteiger partial charge in [-0.3, -0.25) is 14.2 Å². The van der Waals surface area contributed by atoms with Gasteiger partial charge in [0.05, 0.1) is 38.8 Å². The molecule has 0 fully saturated rings. The van der Waals surface area contributed by atoms with E-state index in [4.69, 9.17) is 19.2 Å². The minimum atomic E-state index is -0.127. The lowest BCUT2D eigenvalue weighted by molar-refractivity contribution is 0.101. The molecule has 0 aliphatic rings. The van der Waals surface area contributed by atoms with Gasteiger partial charge in [0.25, 0.3) is 5.56 Å². The van der Waals surface area contributed by atoms with Gasteiger partial charge in [0, 0.05) is 16.9 Å². The molecule has 0 saturated heterocycles. The quantitative estimate of drug-likeness (QED) is 0.186. The molecule has 3 aromatic carbocycles. The first-order valence-corrected chi connectivity index (χ1v) is 11.9. The van der Waals surface area contributed by atoms with Gasteiger partial charge in [-0.2, -0.15) is 0 Å². The first kappa shape index (κ1) is 24.3. The van der Waals surface area contributed by atoms with E-state index in [1.54, 1.807) is 44.1 Å². The highest BCUT2D eigenvalue weighted by Crippen LogP contribution is 2.31. The fourth-order valence-corrected chi connectivity index (χ4v) is 4.79. The summed E-state index contributed by atoms with van der Waals surface area (Å²) in [5.41, 5.74) is 2.84. The van der Waals surface area contributed by atoms with Crippen molar-refractivity contribution in [1.29, 1.82) is 0 Å². The Morgan fingerprint density at radius 2 is 1.63 bits per heavy atom. The third kappa shape index (κ3) is 5.17. The number of carbonyl (C=O) groups excluding carboxylic acids is 1. The highest BCUT2D eigenvalue weighted by atomic mass is 32.2. The van der Waals surface area contributed by atoms with Crippen molar-refractivity contribution in [1.82, 2.24) is 9.55 Å². The van der Waals surface area contributed by atoms with Crippen LogP contribution in [-0.4, -0.2) is 36.7 Å². The average Bonchev–Trinajstić information content (AvgIpc) is 2.88. The highest BCUT2D eigenvalue weighted by molar-refractivity contribution is 7.98. The van der Waals surface area contributed by atoms with Gasteiger partial charge in [0.1, 0.15) is 5.75 Å². The second-order valence-corrected chi connectivity index (χ2v) is 8.81. The molecule has 0 amide bonds. The second-order valence-electron chi connectivity index (χ2n) is 7.86. The molecule has 0 aliphatic carbocycles. The number of ether oxygens (including phenoxy) is 3. The summed E-state index contributed by atoms with van der Waals surface area (Å²) in [4.78, 5) is 30.2. The van der Waals surface area contributed by atoms with Crippen LogP contribution < -0.4 is 19.8 Å². The topological polar surface area (TPSA) is 79.7 Å². The summed E-state index contributed by atoms with van der Waals surface area (Å²) in [7, 11) is 4.76. The van der Waals surface area contributed by atoms with Gasteiger partial charge >= 0.3 is 0 Å². The van der Waals surface area contributed by atoms with E-state index in [-0.39, 0.29) is 11.3 Å². The number of hydrogen-bond donors (Lipinski definition) is 0. The standard InChI is InChI=1S/C27H26N2O5S/c1-17(30)19-10-12-23(32-2)20(14-19)16-35-27-28-22-8-6-5-7-21(22)26(31)29(27)15-18-9-11-24(33-3)25(13-18)34-4/h5-14H,15-16H2,1-4H3. The number of benzene rings is 3. The van der Waals surface area contributed by atoms with Crippen molar-refractivity contribution in [3.8, 4) is 17.2 Å². The van der Waals surface area contributed by atoms with Crippen LogP contribution in [0.4, 0.5) is 0 Å². The molecule has 8 heteroatoms. The Labute approximate surface area is 207 Å². The molecule has 4 rings (SSSR count). The van der Waals surface area contributed by atoms with Gasteiger partial charge in [0.2, 0.25) is 0 Å². The fourth-order valence-electron chi connectivity index (χ4n) is 3.81. The summed E-state index contributed by atoms with van der Waals surface area (Å²) >= 11 is 1.42. The van der Waals surface area contributed by atoms with Gasteiger partial charge in [0.15, 0.2) is 22.4 Å². The van der Waals surface area contributed by atoms with E-state index in [2.05, 4.69) is 0 Å². The Bertz CT molecular complexity index is 1450. The summed E-state index contributed by atoms with van der Waals surface area (Å²) in [5, 5.41) is 1.12. The van der Waals surface area contributed by atoms with Crippen molar-refractivity contribution in [2.45, 2.75) is 24.4 Å². The number of aromatic nitrogens is 2. The van der Waals surface area contributed by atoms with E-state index < -0.39 is 0 Å². The Balaban J connectivity index is 1.75. The summed E-state index contributed by atoms with van der Waals surface area (Å²) in [6.45, 7) is 1.84. The first-order valence-electron chi connectivity index (χ1n) is 11.0. The lowest BCUT2D eigenvalue weighted by atomic mass is 10.1. The van der Waals surface area contributed by atoms with Crippen LogP contribution in [0, 0.1) is 0 Å². The maximum atomic E-state index is 13.5. The number of para-hydroxylation sites is 1. The molecule has 1 aromatic heterocycles. The number of rotatable bonds is 9. The van der Waals surface area contributed by atoms with Crippen LogP contribution in [0.15, 0.2) is 70.6 Å². The summed E-state index contributed by atoms with van der Waals surface area (Å²) in [5.74, 6) is 2.34. The zero-order chi connectivity index (χ0) is 24.9. The molecule has 0 unspecified atom stereocenters. The van der Waals surface area contributed by atoms with Crippen molar-refractivity contribution in [2.24, 2.45) is 0 Å². The summed E-state index contributed by atoms with van der Waals surface area (Å²) < 4.78 is 17.9. The molecule has 35 heavy (non-hydrogen) atoms. The van der Waals surface area contributed by atoms with Crippen molar-refractivity contribution in [3.05, 3.63) is 87.7 Å². The van der Waals surface area contributed by atoms with Gasteiger partial charge in [-0.1, -0.05) is 30.0 Å². The number of thioether (sulfide) groups is 1. The molecule has 0 radical (unpaired) electrons. The Morgan fingerprint density at radius 1 is 0.914 bits per heavy atom. The van der Waals surface area contributed by atoms with E-state index in [1.807, 2.05) is 42.5 Å². The fraction of sp³-hybridized carbons (Fsp3) is 0.222. The second kappa shape index (κ2) is 10.7. The van der Waals surface area contributed by atoms with E-state index in [1.165, 1.54) is 18.7 Å². The monoisotopic (exact) mass is 490 g/mol.